The summed E-state index contributed by atoms with van der Waals surface area (Å²) < 4.78 is 7.18. The first-order chi connectivity index (χ1) is 6.58. The van der Waals surface area contributed by atoms with Gasteiger partial charge in [-0.3, -0.25) is 0 Å². The Morgan fingerprint density at radius 3 is 2.36 bits per heavy atom. The SMILES string of the molecule is CC(C)c1cc2cc(C(C)C)on2n1. The summed E-state index contributed by atoms with van der Waals surface area (Å²) in [5, 5.41) is 4.37. The second-order valence-electron chi connectivity index (χ2n) is 4.31. The van der Waals surface area contributed by atoms with Crippen molar-refractivity contribution in [2.45, 2.75) is 39.5 Å². The molecule has 14 heavy (non-hydrogen) atoms. The number of rotatable bonds is 2. The molecule has 0 N–H and O–H groups in total. The molecule has 0 saturated carbocycles. The van der Waals surface area contributed by atoms with Crippen LogP contribution in [-0.2, 0) is 0 Å². The lowest BCUT2D eigenvalue weighted by atomic mass is 10.1. The van der Waals surface area contributed by atoms with Crippen molar-refractivity contribution in [2.24, 2.45) is 0 Å². The van der Waals surface area contributed by atoms with Gasteiger partial charge in [0, 0.05) is 12.0 Å². The van der Waals surface area contributed by atoms with E-state index in [9.17, 15) is 0 Å². The minimum atomic E-state index is 0.416. The van der Waals surface area contributed by atoms with E-state index in [1.54, 1.807) is 4.69 Å². The Bertz CT molecular complexity index is 368. The van der Waals surface area contributed by atoms with E-state index in [0.717, 1.165) is 17.0 Å². The highest BCUT2D eigenvalue weighted by Gasteiger charge is 2.11. The van der Waals surface area contributed by atoms with E-state index >= 15 is 0 Å². The molecule has 0 aliphatic heterocycles. The summed E-state index contributed by atoms with van der Waals surface area (Å²) in [5.74, 6) is 1.86. The predicted molar refractivity (Wildman–Crippen MR) is 55.6 cm³/mol. The van der Waals surface area contributed by atoms with Gasteiger partial charge in [-0.15, -0.1) is 5.10 Å². The van der Waals surface area contributed by atoms with Crippen LogP contribution in [0.4, 0.5) is 0 Å². The number of aromatic nitrogens is 2. The predicted octanol–water partition coefficient (Wildman–Crippen LogP) is 3.17. The van der Waals surface area contributed by atoms with Crippen molar-refractivity contribution in [1.82, 2.24) is 9.79 Å². The lowest BCUT2D eigenvalue weighted by Crippen LogP contribution is -1.90. The second-order valence-corrected chi connectivity index (χ2v) is 4.31. The normalized spacial score (nSPS) is 12.1. The Labute approximate surface area is 83.7 Å². The molecule has 0 aromatic carbocycles. The molecular weight excluding hydrogens is 176 g/mol. The third-order valence-corrected chi connectivity index (χ3v) is 2.37. The molecule has 0 radical (unpaired) electrons. The maximum atomic E-state index is 5.57. The fourth-order valence-corrected chi connectivity index (χ4v) is 1.39. The molecule has 2 aromatic rings. The van der Waals surface area contributed by atoms with E-state index in [1.165, 1.54) is 0 Å². The molecule has 0 spiro atoms. The molecule has 2 aromatic heterocycles. The average Bonchev–Trinajstić information content (AvgIpc) is 2.57. The first-order valence-corrected chi connectivity index (χ1v) is 5.08. The molecule has 0 aliphatic rings. The molecule has 0 fully saturated rings. The molecule has 2 heterocycles. The van der Waals surface area contributed by atoms with E-state index in [0.29, 0.717) is 11.8 Å². The first kappa shape index (κ1) is 9.31. The Morgan fingerprint density at radius 1 is 1.14 bits per heavy atom. The first-order valence-electron chi connectivity index (χ1n) is 5.08. The molecule has 0 aliphatic carbocycles. The van der Waals surface area contributed by atoms with Gasteiger partial charge in [-0.05, 0) is 12.0 Å². The quantitative estimate of drug-likeness (QED) is 0.731. The van der Waals surface area contributed by atoms with E-state index in [1.807, 2.05) is 0 Å². The third kappa shape index (κ3) is 1.43. The molecule has 3 heteroatoms. The van der Waals surface area contributed by atoms with Gasteiger partial charge in [-0.1, -0.05) is 32.4 Å². The highest BCUT2D eigenvalue weighted by Crippen LogP contribution is 2.21. The maximum Gasteiger partial charge on any atom is 0.139 e. The van der Waals surface area contributed by atoms with Gasteiger partial charge >= 0.3 is 0 Å². The van der Waals surface area contributed by atoms with Gasteiger partial charge in [0.15, 0.2) is 0 Å². The summed E-state index contributed by atoms with van der Waals surface area (Å²) in [4.78, 5) is 0. The third-order valence-electron chi connectivity index (χ3n) is 2.37. The number of nitrogens with zero attached hydrogens (tertiary/aromatic N) is 2. The van der Waals surface area contributed by atoms with Crippen LogP contribution < -0.4 is 0 Å². The summed E-state index contributed by atoms with van der Waals surface area (Å²) >= 11 is 0. The van der Waals surface area contributed by atoms with Crippen LogP contribution in [0, 0.1) is 0 Å². The zero-order valence-corrected chi connectivity index (χ0v) is 9.11. The van der Waals surface area contributed by atoms with Gasteiger partial charge in [0.25, 0.3) is 0 Å². The van der Waals surface area contributed by atoms with Crippen molar-refractivity contribution in [1.29, 1.82) is 0 Å². The summed E-state index contributed by atoms with van der Waals surface area (Å²) in [5.41, 5.74) is 2.14. The molecule has 0 unspecified atom stereocenters. The summed E-state index contributed by atoms with van der Waals surface area (Å²) in [6.45, 7) is 8.49. The van der Waals surface area contributed by atoms with Crippen molar-refractivity contribution >= 4 is 5.52 Å². The lowest BCUT2D eigenvalue weighted by molar-refractivity contribution is 0.300. The fraction of sp³-hybridized carbons (Fsp3) is 0.545. The van der Waals surface area contributed by atoms with Crippen LogP contribution in [0.2, 0.25) is 0 Å². The Balaban J connectivity index is 2.45. The van der Waals surface area contributed by atoms with Gasteiger partial charge < -0.3 is 4.52 Å². The molecule has 3 nitrogen and oxygen atoms in total. The molecule has 2 rings (SSSR count). The van der Waals surface area contributed by atoms with Crippen molar-refractivity contribution in [3.63, 3.8) is 0 Å². The van der Waals surface area contributed by atoms with Gasteiger partial charge in [0.1, 0.15) is 11.3 Å². The maximum absolute atomic E-state index is 5.57. The van der Waals surface area contributed by atoms with Crippen LogP contribution in [-0.4, -0.2) is 9.79 Å². The van der Waals surface area contributed by atoms with Gasteiger partial charge in [-0.25, -0.2) is 0 Å². The zero-order valence-electron chi connectivity index (χ0n) is 9.11. The van der Waals surface area contributed by atoms with Crippen molar-refractivity contribution < 1.29 is 4.52 Å². The summed E-state index contributed by atoms with van der Waals surface area (Å²) in [7, 11) is 0. The van der Waals surface area contributed by atoms with E-state index in [-0.39, 0.29) is 0 Å². The number of hydrogen-bond donors (Lipinski definition) is 0. The van der Waals surface area contributed by atoms with Crippen molar-refractivity contribution in [3.8, 4) is 0 Å². The van der Waals surface area contributed by atoms with Crippen LogP contribution in [0.3, 0.4) is 0 Å². The van der Waals surface area contributed by atoms with Crippen LogP contribution in [0.25, 0.3) is 5.52 Å². The smallest absolute Gasteiger partial charge is 0.139 e. The van der Waals surface area contributed by atoms with Crippen molar-refractivity contribution in [2.75, 3.05) is 0 Å². The van der Waals surface area contributed by atoms with Crippen LogP contribution >= 0.6 is 0 Å². The number of fused-ring (bicyclic) bond motifs is 1. The fourth-order valence-electron chi connectivity index (χ4n) is 1.39. The highest BCUT2D eigenvalue weighted by atomic mass is 16.5. The molecule has 0 amide bonds. The van der Waals surface area contributed by atoms with E-state index < -0.39 is 0 Å². The van der Waals surface area contributed by atoms with Crippen molar-refractivity contribution in [3.05, 3.63) is 23.6 Å². The molecular formula is C11H16N2O. The zero-order chi connectivity index (χ0) is 10.3. The lowest BCUT2D eigenvalue weighted by Gasteiger charge is -1.97. The van der Waals surface area contributed by atoms with E-state index in [2.05, 4.69) is 44.9 Å². The molecule has 0 atom stereocenters. The summed E-state index contributed by atoms with van der Waals surface area (Å²) in [6.07, 6.45) is 0. The second kappa shape index (κ2) is 3.15. The Kier molecular flexibility index (Phi) is 2.10. The minimum Gasteiger partial charge on any atom is -0.362 e. The largest absolute Gasteiger partial charge is 0.362 e. The van der Waals surface area contributed by atoms with Gasteiger partial charge in [-0.2, -0.15) is 0 Å². The molecule has 76 valence electrons. The van der Waals surface area contributed by atoms with Crippen LogP contribution in [0.5, 0.6) is 0 Å². The molecule has 0 saturated heterocycles. The number of hydrogen-bond acceptors (Lipinski definition) is 2. The Hall–Kier alpha value is -1.25. The van der Waals surface area contributed by atoms with Crippen LogP contribution in [0.15, 0.2) is 16.7 Å². The summed E-state index contributed by atoms with van der Waals surface area (Å²) in [6, 6.07) is 4.14. The van der Waals surface area contributed by atoms with Gasteiger partial charge in [0.05, 0.1) is 5.69 Å². The average molecular weight is 192 g/mol. The van der Waals surface area contributed by atoms with Gasteiger partial charge in [0.2, 0.25) is 0 Å². The molecule has 0 bridgehead atoms. The Morgan fingerprint density at radius 2 is 1.86 bits per heavy atom. The van der Waals surface area contributed by atoms with Crippen LogP contribution in [0.1, 0.15) is 51.0 Å². The standard InChI is InChI=1S/C11H16N2O/c1-7(2)10-5-9-6-11(8(3)4)14-13(9)12-10/h5-8H,1-4H3. The topological polar surface area (TPSA) is 30.4 Å². The van der Waals surface area contributed by atoms with E-state index in [4.69, 9.17) is 4.52 Å². The minimum absolute atomic E-state index is 0.416. The highest BCUT2D eigenvalue weighted by molar-refractivity contribution is 5.48. The monoisotopic (exact) mass is 192 g/mol.